The minimum Gasteiger partial charge on any atom is -0.367 e. The molecule has 1 saturated heterocycles. The van der Waals surface area contributed by atoms with Gasteiger partial charge in [-0.2, -0.15) is 4.98 Å². The number of nitrogens with one attached hydrogen (secondary N) is 1. The lowest BCUT2D eigenvalue weighted by molar-refractivity contribution is 0.0208. The van der Waals surface area contributed by atoms with Gasteiger partial charge in [-0.15, -0.1) is 0 Å². The number of hydrogen-bond donors (Lipinski definition) is 1. The zero-order valence-corrected chi connectivity index (χ0v) is 12.7. The lowest BCUT2D eigenvalue weighted by atomic mass is 9.84. The average Bonchev–Trinajstić information content (AvgIpc) is 2.97. The molecule has 2 heterocycles. The van der Waals surface area contributed by atoms with E-state index in [9.17, 15) is 0 Å². The Labute approximate surface area is 124 Å². The molecule has 3 rings (SSSR count). The van der Waals surface area contributed by atoms with Crippen LogP contribution in [0, 0.1) is 0 Å². The van der Waals surface area contributed by atoms with Crippen LogP contribution in [0.1, 0.15) is 38.3 Å². The van der Waals surface area contributed by atoms with E-state index in [1.165, 1.54) is 5.56 Å². The molecule has 5 nitrogen and oxygen atoms in total. The number of aromatic nitrogens is 2. The molecule has 1 aliphatic heterocycles. The summed E-state index contributed by atoms with van der Waals surface area (Å²) in [5, 5.41) is 7.36. The van der Waals surface area contributed by atoms with Crippen LogP contribution in [-0.4, -0.2) is 29.8 Å². The van der Waals surface area contributed by atoms with Crippen LogP contribution in [0.5, 0.6) is 0 Å². The second-order valence-electron chi connectivity index (χ2n) is 6.32. The van der Waals surface area contributed by atoms with Crippen molar-refractivity contribution in [2.75, 3.05) is 19.7 Å². The van der Waals surface area contributed by atoms with Crippen molar-refractivity contribution in [1.82, 2.24) is 15.5 Å². The molecule has 112 valence electrons. The molecule has 1 unspecified atom stereocenters. The normalized spacial score (nSPS) is 19.7. The first kappa shape index (κ1) is 14.2. The third-order valence-electron chi connectivity index (χ3n) is 3.62. The summed E-state index contributed by atoms with van der Waals surface area (Å²) < 4.78 is 11.1. The summed E-state index contributed by atoms with van der Waals surface area (Å²) in [6.45, 7) is 8.80. The van der Waals surface area contributed by atoms with E-state index < -0.39 is 0 Å². The van der Waals surface area contributed by atoms with Gasteiger partial charge in [0.1, 0.15) is 6.10 Å². The van der Waals surface area contributed by atoms with Crippen LogP contribution in [0.25, 0.3) is 11.5 Å². The van der Waals surface area contributed by atoms with Gasteiger partial charge in [0, 0.05) is 18.7 Å². The van der Waals surface area contributed by atoms with Crippen LogP contribution < -0.4 is 5.32 Å². The molecule has 0 bridgehead atoms. The summed E-state index contributed by atoms with van der Waals surface area (Å²) in [4.78, 5) is 4.54. The first-order valence-corrected chi connectivity index (χ1v) is 7.31. The van der Waals surface area contributed by atoms with Crippen LogP contribution in [0.2, 0.25) is 0 Å². The van der Waals surface area contributed by atoms with Crippen LogP contribution in [0.3, 0.4) is 0 Å². The maximum Gasteiger partial charge on any atom is 0.258 e. The van der Waals surface area contributed by atoms with Gasteiger partial charge in [-0.1, -0.05) is 44.1 Å². The Morgan fingerprint density at radius 2 is 2.05 bits per heavy atom. The molecule has 1 aromatic heterocycles. The van der Waals surface area contributed by atoms with Crippen molar-refractivity contribution in [3.8, 4) is 11.5 Å². The van der Waals surface area contributed by atoms with Crippen molar-refractivity contribution < 1.29 is 9.26 Å². The summed E-state index contributed by atoms with van der Waals surface area (Å²) in [5.41, 5.74) is 2.21. The van der Waals surface area contributed by atoms with Crippen LogP contribution in [0.15, 0.2) is 28.8 Å². The van der Waals surface area contributed by atoms with E-state index >= 15 is 0 Å². The molecule has 1 fully saturated rings. The number of morpholine rings is 1. The Bertz CT molecular complexity index is 610. The van der Waals surface area contributed by atoms with Gasteiger partial charge < -0.3 is 14.6 Å². The van der Waals surface area contributed by atoms with Gasteiger partial charge in [-0.3, -0.25) is 0 Å². The molecule has 1 aliphatic rings. The van der Waals surface area contributed by atoms with Gasteiger partial charge in [0.05, 0.1) is 6.61 Å². The van der Waals surface area contributed by atoms with Gasteiger partial charge >= 0.3 is 0 Å². The summed E-state index contributed by atoms with van der Waals surface area (Å²) >= 11 is 0. The zero-order chi connectivity index (χ0) is 14.9. The van der Waals surface area contributed by atoms with Gasteiger partial charge in [0.15, 0.2) is 0 Å². The Kier molecular flexibility index (Phi) is 3.78. The Balaban J connectivity index is 1.93. The second-order valence-corrected chi connectivity index (χ2v) is 6.32. The smallest absolute Gasteiger partial charge is 0.258 e. The zero-order valence-electron chi connectivity index (χ0n) is 12.7. The Hall–Kier alpha value is -1.72. The van der Waals surface area contributed by atoms with E-state index in [4.69, 9.17) is 9.26 Å². The van der Waals surface area contributed by atoms with E-state index in [-0.39, 0.29) is 11.5 Å². The summed E-state index contributed by atoms with van der Waals surface area (Å²) in [5.74, 6) is 1.17. The number of hydrogen-bond acceptors (Lipinski definition) is 5. The summed E-state index contributed by atoms with van der Waals surface area (Å²) in [6, 6.07) is 8.17. The van der Waals surface area contributed by atoms with Gasteiger partial charge in [-0.05, 0) is 17.0 Å². The van der Waals surface area contributed by atoms with Crippen LogP contribution >= 0.6 is 0 Å². The number of nitrogens with zero attached hydrogens (tertiary/aromatic N) is 2. The number of rotatable bonds is 2. The van der Waals surface area contributed by atoms with Crippen molar-refractivity contribution in [3.63, 3.8) is 0 Å². The van der Waals surface area contributed by atoms with E-state index in [0.29, 0.717) is 18.3 Å². The topological polar surface area (TPSA) is 60.2 Å². The van der Waals surface area contributed by atoms with Crippen LogP contribution in [-0.2, 0) is 10.2 Å². The quantitative estimate of drug-likeness (QED) is 0.920. The third-order valence-corrected chi connectivity index (χ3v) is 3.62. The first-order valence-electron chi connectivity index (χ1n) is 7.31. The van der Waals surface area contributed by atoms with Gasteiger partial charge in [0.25, 0.3) is 5.89 Å². The molecule has 0 saturated carbocycles. The summed E-state index contributed by atoms with van der Waals surface area (Å²) in [7, 11) is 0. The molecule has 1 aromatic carbocycles. The molecule has 0 amide bonds. The monoisotopic (exact) mass is 287 g/mol. The molecule has 0 aliphatic carbocycles. The molecule has 1 atom stereocenters. The fourth-order valence-corrected chi connectivity index (χ4v) is 2.53. The minimum atomic E-state index is -0.127. The standard InChI is InChI=1S/C16H21N3O2/c1-16(2,3)12-7-5-4-6-11(12)15-18-14(19-21-15)13-10-17-8-9-20-13/h4-7,13,17H,8-10H2,1-3H3. The lowest BCUT2D eigenvalue weighted by Gasteiger charge is -2.21. The lowest BCUT2D eigenvalue weighted by Crippen LogP contribution is -2.33. The molecule has 1 N–H and O–H groups in total. The molecule has 21 heavy (non-hydrogen) atoms. The first-order chi connectivity index (χ1) is 10.1. The average molecular weight is 287 g/mol. The molecule has 0 spiro atoms. The highest BCUT2D eigenvalue weighted by atomic mass is 16.5. The molecule has 2 aromatic rings. The highest BCUT2D eigenvalue weighted by molar-refractivity contribution is 5.60. The summed E-state index contributed by atoms with van der Waals surface area (Å²) in [6.07, 6.45) is -0.127. The fourth-order valence-electron chi connectivity index (χ4n) is 2.53. The maximum absolute atomic E-state index is 5.66. The fraction of sp³-hybridized carbons (Fsp3) is 0.500. The predicted octanol–water partition coefficient (Wildman–Crippen LogP) is 2.70. The van der Waals surface area contributed by atoms with Crippen molar-refractivity contribution in [3.05, 3.63) is 35.7 Å². The highest BCUT2D eigenvalue weighted by Gasteiger charge is 2.25. The SMILES string of the molecule is CC(C)(C)c1ccccc1-c1nc(C2CNCCO2)no1. The highest BCUT2D eigenvalue weighted by Crippen LogP contribution is 2.32. The third kappa shape index (κ3) is 2.99. The van der Waals surface area contributed by atoms with Gasteiger partial charge in [0.2, 0.25) is 5.82 Å². The molecule has 5 heteroatoms. The maximum atomic E-state index is 5.66. The van der Waals surface area contributed by atoms with E-state index in [0.717, 1.165) is 18.7 Å². The Morgan fingerprint density at radius 3 is 2.76 bits per heavy atom. The molecular formula is C16H21N3O2. The second kappa shape index (κ2) is 5.58. The Morgan fingerprint density at radius 1 is 1.24 bits per heavy atom. The number of benzene rings is 1. The molecule has 0 radical (unpaired) electrons. The van der Waals surface area contributed by atoms with E-state index in [2.05, 4.69) is 42.3 Å². The van der Waals surface area contributed by atoms with E-state index in [1.807, 2.05) is 18.2 Å². The van der Waals surface area contributed by atoms with E-state index in [1.54, 1.807) is 0 Å². The van der Waals surface area contributed by atoms with Gasteiger partial charge in [-0.25, -0.2) is 0 Å². The van der Waals surface area contributed by atoms with Crippen molar-refractivity contribution in [2.24, 2.45) is 0 Å². The minimum absolute atomic E-state index is 0.0219. The largest absolute Gasteiger partial charge is 0.367 e. The predicted molar refractivity (Wildman–Crippen MR) is 80.0 cm³/mol. The molecular weight excluding hydrogens is 266 g/mol. The van der Waals surface area contributed by atoms with Crippen molar-refractivity contribution >= 4 is 0 Å². The van der Waals surface area contributed by atoms with Crippen molar-refractivity contribution in [2.45, 2.75) is 32.3 Å². The number of ether oxygens (including phenoxy) is 1. The van der Waals surface area contributed by atoms with Crippen molar-refractivity contribution in [1.29, 1.82) is 0 Å². The van der Waals surface area contributed by atoms with Crippen LogP contribution in [0.4, 0.5) is 0 Å².